The number of rotatable bonds is 5. The van der Waals surface area contributed by atoms with Gasteiger partial charge in [-0.1, -0.05) is 6.92 Å². The van der Waals surface area contributed by atoms with Gasteiger partial charge in [0.05, 0.1) is 0 Å². The topological polar surface area (TPSA) is 91.3 Å². The summed E-state index contributed by atoms with van der Waals surface area (Å²) in [7, 11) is 0. The standard InChI is InChI=1S/C13H19N3O3/c1-4-13(3,11(17)18)16-12(19)15-8-10-7-14-6-5-9(10)2/h5-7H,4,8H2,1-3H3,(H,17,18)(H2,15,16,19). The molecule has 0 saturated heterocycles. The van der Waals surface area contributed by atoms with Crippen LogP contribution in [0.1, 0.15) is 31.4 Å². The van der Waals surface area contributed by atoms with Crippen molar-refractivity contribution < 1.29 is 14.7 Å². The number of hydrogen-bond donors (Lipinski definition) is 3. The van der Waals surface area contributed by atoms with Gasteiger partial charge in [-0.05, 0) is 37.5 Å². The second-order valence-corrected chi connectivity index (χ2v) is 4.60. The summed E-state index contributed by atoms with van der Waals surface area (Å²) in [5, 5.41) is 14.2. The highest BCUT2D eigenvalue weighted by molar-refractivity contribution is 5.85. The average molecular weight is 265 g/mol. The van der Waals surface area contributed by atoms with Crippen LogP contribution >= 0.6 is 0 Å². The van der Waals surface area contributed by atoms with Gasteiger partial charge in [0, 0.05) is 18.9 Å². The van der Waals surface area contributed by atoms with E-state index in [0.29, 0.717) is 13.0 Å². The summed E-state index contributed by atoms with van der Waals surface area (Å²) >= 11 is 0. The Labute approximate surface area is 112 Å². The van der Waals surface area contributed by atoms with Crippen molar-refractivity contribution in [2.75, 3.05) is 0 Å². The molecule has 1 aromatic heterocycles. The molecular weight excluding hydrogens is 246 g/mol. The molecule has 6 nitrogen and oxygen atoms in total. The minimum atomic E-state index is -1.26. The molecule has 19 heavy (non-hydrogen) atoms. The van der Waals surface area contributed by atoms with Crippen LogP contribution in [0.2, 0.25) is 0 Å². The second kappa shape index (κ2) is 6.17. The molecule has 0 saturated carbocycles. The predicted molar refractivity (Wildman–Crippen MR) is 70.7 cm³/mol. The van der Waals surface area contributed by atoms with Crippen LogP contribution in [0.5, 0.6) is 0 Å². The maximum atomic E-state index is 11.7. The quantitative estimate of drug-likeness (QED) is 0.751. The molecule has 0 aliphatic heterocycles. The van der Waals surface area contributed by atoms with Gasteiger partial charge in [-0.2, -0.15) is 0 Å². The molecule has 1 rings (SSSR count). The maximum Gasteiger partial charge on any atom is 0.329 e. The number of nitrogens with one attached hydrogen (secondary N) is 2. The molecule has 0 radical (unpaired) electrons. The summed E-state index contributed by atoms with van der Waals surface area (Å²) in [6, 6.07) is 1.34. The molecule has 0 fully saturated rings. The average Bonchev–Trinajstić information content (AvgIpc) is 2.37. The number of carboxylic acids is 1. The Balaban J connectivity index is 2.57. The van der Waals surface area contributed by atoms with Gasteiger partial charge in [-0.3, -0.25) is 4.98 Å². The van der Waals surface area contributed by atoms with Crippen LogP contribution in [0.3, 0.4) is 0 Å². The Morgan fingerprint density at radius 3 is 2.68 bits per heavy atom. The van der Waals surface area contributed by atoms with Crippen LogP contribution in [0.15, 0.2) is 18.5 Å². The molecule has 1 unspecified atom stereocenters. The zero-order valence-electron chi connectivity index (χ0n) is 11.4. The van der Waals surface area contributed by atoms with Crippen LogP contribution in [-0.4, -0.2) is 27.6 Å². The smallest absolute Gasteiger partial charge is 0.329 e. The van der Waals surface area contributed by atoms with E-state index < -0.39 is 17.5 Å². The fourth-order valence-electron chi connectivity index (χ4n) is 1.45. The normalized spacial score (nSPS) is 13.4. The molecule has 0 aliphatic rings. The molecular formula is C13H19N3O3. The molecule has 0 spiro atoms. The first kappa shape index (κ1) is 14.9. The molecule has 2 amide bonds. The van der Waals surface area contributed by atoms with E-state index in [-0.39, 0.29) is 0 Å². The highest BCUT2D eigenvalue weighted by Crippen LogP contribution is 2.09. The molecule has 1 heterocycles. The van der Waals surface area contributed by atoms with Crippen molar-refractivity contribution in [2.24, 2.45) is 0 Å². The van der Waals surface area contributed by atoms with Gasteiger partial charge in [0.1, 0.15) is 5.54 Å². The Kier molecular flexibility index (Phi) is 4.86. The SMILES string of the molecule is CCC(C)(NC(=O)NCc1cnccc1C)C(=O)O. The number of carbonyl (C=O) groups is 2. The van der Waals surface area contributed by atoms with Gasteiger partial charge in [0.2, 0.25) is 0 Å². The van der Waals surface area contributed by atoms with E-state index in [4.69, 9.17) is 5.11 Å². The van der Waals surface area contributed by atoms with E-state index in [1.54, 1.807) is 19.3 Å². The Morgan fingerprint density at radius 2 is 2.16 bits per heavy atom. The number of aryl methyl sites for hydroxylation is 1. The van der Waals surface area contributed by atoms with E-state index in [1.807, 2.05) is 13.0 Å². The molecule has 1 atom stereocenters. The Hall–Kier alpha value is -2.11. The van der Waals surface area contributed by atoms with Gasteiger partial charge in [-0.15, -0.1) is 0 Å². The first-order valence-electron chi connectivity index (χ1n) is 6.08. The zero-order valence-corrected chi connectivity index (χ0v) is 11.4. The number of amides is 2. The fraction of sp³-hybridized carbons (Fsp3) is 0.462. The van der Waals surface area contributed by atoms with Crippen molar-refractivity contribution in [3.63, 3.8) is 0 Å². The third-order valence-corrected chi connectivity index (χ3v) is 3.16. The second-order valence-electron chi connectivity index (χ2n) is 4.60. The van der Waals surface area contributed by atoms with Gasteiger partial charge < -0.3 is 15.7 Å². The van der Waals surface area contributed by atoms with Gasteiger partial charge in [-0.25, -0.2) is 9.59 Å². The van der Waals surface area contributed by atoms with E-state index >= 15 is 0 Å². The lowest BCUT2D eigenvalue weighted by Crippen LogP contribution is -2.54. The summed E-state index contributed by atoms with van der Waals surface area (Å²) < 4.78 is 0. The van der Waals surface area contributed by atoms with Gasteiger partial charge in [0.25, 0.3) is 0 Å². The summed E-state index contributed by atoms with van der Waals surface area (Å²) in [4.78, 5) is 26.7. The monoisotopic (exact) mass is 265 g/mol. The van der Waals surface area contributed by atoms with Crippen LogP contribution in [-0.2, 0) is 11.3 Å². The van der Waals surface area contributed by atoms with E-state index in [1.165, 1.54) is 6.92 Å². The Bertz CT molecular complexity index is 476. The predicted octanol–water partition coefficient (Wildman–Crippen LogP) is 1.44. The first-order valence-corrected chi connectivity index (χ1v) is 6.08. The summed E-state index contributed by atoms with van der Waals surface area (Å²) in [5.41, 5.74) is 0.659. The number of pyridine rings is 1. The number of hydrogen-bond acceptors (Lipinski definition) is 3. The lowest BCUT2D eigenvalue weighted by atomic mass is 10.00. The summed E-state index contributed by atoms with van der Waals surface area (Å²) in [6.07, 6.45) is 3.66. The lowest BCUT2D eigenvalue weighted by Gasteiger charge is -2.24. The zero-order chi connectivity index (χ0) is 14.5. The minimum Gasteiger partial charge on any atom is -0.480 e. The van der Waals surface area contributed by atoms with Crippen LogP contribution < -0.4 is 10.6 Å². The number of aromatic nitrogens is 1. The molecule has 104 valence electrons. The highest BCUT2D eigenvalue weighted by atomic mass is 16.4. The molecule has 6 heteroatoms. The van der Waals surface area contributed by atoms with Crippen molar-refractivity contribution in [1.29, 1.82) is 0 Å². The van der Waals surface area contributed by atoms with Crippen LogP contribution in [0.4, 0.5) is 4.79 Å². The van der Waals surface area contributed by atoms with Gasteiger partial charge in [0.15, 0.2) is 0 Å². The van der Waals surface area contributed by atoms with E-state index in [0.717, 1.165) is 11.1 Å². The number of aliphatic carboxylic acids is 1. The molecule has 3 N–H and O–H groups in total. The van der Waals surface area contributed by atoms with Crippen molar-refractivity contribution in [3.8, 4) is 0 Å². The molecule has 1 aromatic rings. The van der Waals surface area contributed by atoms with Crippen molar-refractivity contribution in [3.05, 3.63) is 29.6 Å². The third-order valence-electron chi connectivity index (χ3n) is 3.16. The van der Waals surface area contributed by atoms with Crippen LogP contribution in [0, 0.1) is 6.92 Å². The lowest BCUT2D eigenvalue weighted by molar-refractivity contribution is -0.143. The summed E-state index contributed by atoms with van der Waals surface area (Å²) in [5.74, 6) is -1.05. The number of urea groups is 1. The molecule has 0 aliphatic carbocycles. The third kappa shape index (κ3) is 3.94. The van der Waals surface area contributed by atoms with E-state index in [2.05, 4.69) is 15.6 Å². The van der Waals surface area contributed by atoms with E-state index in [9.17, 15) is 9.59 Å². The molecule has 0 bridgehead atoms. The van der Waals surface area contributed by atoms with Crippen molar-refractivity contribution in [1.82, 2.24) is 15.6 Å². The van der Waals surface area contributed by atoms with Gasteiger partial charge >= 0.3 is 12.0 Å². The minimum absolute atomic E-state index is 0.307. The maximum absolute atomic E-state index is 11.7. The van der Waals surface area contributed by atoms with Crippen molar-refractivity contribution >= 4 is 12.0 Å². The number of carboxylic acid groups (broad SMARTS) is 1. The number of carbonyl (C=O) groups excluding carboxylic acids is 1. The first-order chi connectivity index (χ1) is 8.89. The Morgan fingerprint density at radius 1 is 1.47 bits per heavy atom. The van der Waals surface area contributed by atoms with Crippen molar-refractivity contribution in [2.45, 2.75) is 39.3 Å². The highest BCUT2D eigenvalue weighted by Gasteiger charge is 2.32. The molecule has 0 aromatic carbocycles. The number of nitrogens with zero attached hydrogens (tertiary/aromatic N) is 1. The van der Waals surface area contributed by atoms with Crippen LogP contribution in [0.25, 0.3) is 0 Å². The summed E-state index contributed by atoms with van der Waals surface area (Å²) in [6.45, 7) is 5.42. The fourth-order valence-corrected chi connectivity index (χ4v) is 1.45. The largest absolute Gasteiger partial charge is 0.480 e.